The summed E-state index contributed by atoms with van der Waals surface area (Å²) < 4.78 is 6.75. The Labute approximate surface area is 192 Å². The van der Waals surface area contributed by atoms with Crippen molar-refractivity contribution in [1.29, 1.82) is 0 Å². The summed E-state index contributed by atoms with van der Waals surface area (Å²) in [5.41, 5.74) is 3.11. The first-order valence-corrected chi connectivity index (χ1v) is 10.5. The molecule has 33 heavy (non-hydrogen) atoms. The number of hydrogen-bond donors (Lipinski definition) is 2. The summed E-state index contributed by atoms with van der Waals surface area (Å²) in [4.78, 5) is 29.7. The van der Waals surface area contributed by atoms with Gasteiger partial charge in [-0.2, -0.15) is 10.1 Å². The lowest BCUT2D eigenvalue weighted by Crippen LogP contribution is -2.23. The molecule has 0 radical (unpaired) electrons. The maximum atomic E-state index is 12.8. The van der Waals surface area contributed by atoms with Crippen LogP contribution in [-0.4, -0.2) is 32.8 Å². The van der Waals surface area contributed by atoms with Crippen LogP contribution in [0.5, 0.6) is 5.75 Å². The summed E-state index contributed by atoms with van der Waals surface area (Å²) in [5.74, 6) is 0.489. The van der Waals surface area contributed by atoms with Crippen molar-refractivity contribution in [3.63, 3.8) is 0 Å². The number of nitrogens with one attached hydrogen (secondary N) is 2. The molecule has 2 N–H and O–H groups in total. The van der Waals surface area contributed by atoms with Gasteiger partial charge < -0.3 is 10.1 Å². The number of benzene rings is 3. The van der Waals surface area contributed by atoms with Crippen molar-refractivity contribution < 1.29 is 9.53 Å². The molecular formula is C24H18ClN5O3. The SMILES string of the molecule is COc1ccc(CNC(=O)c2ccc3c(=O)nc4c(-c5ccc(Cl)cc5)n[nH]n4c3c2)cc1. The van der Waals surface area contributed by atoms with Gasteiger partial charge in [0.2, 0.25) is 0 Å². The van der Waals surface area contributed by atoms with E-state index in [2.05, 4.69) is 20.6 Å². The molecular weight excluding hydrogens is 442 g/mol. The van der Waals surface area contributed by atoms with Crippen LogP contribution in [0.2, 0.25) is 5.02 Å². The third-order valence-corrected chi connectivity index (χ3v) is 5.61. The average molecular weight is 460 g/mol. The standard InChI is InChI=1S/C24H18ClN5O3/c1-33-18-9-2-14(3-10-18)13-26-23(31)16-6-11-19-20(12-16)30-22(27-24(19)32)21(28-29-30)15-4-7-17(25)8-5-15/h2-12,29H,13H2,1H3,(H,26,31). The van der Waals surface area contributed by atoms with Crippen molar-refractivity contribution in [2.24, 2.45) is 0 Å². The lowest BCUT2D eigenvalue weighted by atomic mass is 10.1. The molecule has 0 unspecified atom stereocenters. The van der Waals surface area contributed by atoms with Crippen LogP contribution < -0.4 is 15.6 Å². The molecule has 0 saturated carbocycles. The fraction of sp³-hybridized carbons (Fsp3) is 0.0833. The molecule has 0 saturated heterocycles. The molecule has 0 bridgehead atoms. The molecule has 2 aromatic heterocycles. The summed E-state index contributed by atoms with van der Waals surface area (Å²) >= 11 is 5.98. The summed E-state index contributed by atoms with van der Waals surface area (Å²) in [6, 6.07) is 19.4. The molecule has 8 nitrogen and oxygen atoms in total. The van der Waals surface area contributed by atoms with E-state index >= 15 is 0 Å². The van der Waals surface area contributed by atoms with Gasteiger partial charge in [-0.05, 0) is 48.0 Å². The molecule has 5 rings (SSSR count). The van der Waals surface area contributed by atoms with E-state index in [4.69, 9.17) is 16.3 Å². The van der Waals surface area contributed by atoms with Gasteiger partial charge in [0.25, 0.3) is 11.5 Å². The number of aromatic nitrogens is 4. The summed E-state index contributed by atoms with van der Waals surface area (Å²) in [7, 11) is 1.60. The molecule has 0 aliphatic rings. The number of ether oxygens (including phenoxy) is 1. The van der Waals surface area contributed by atoms with Gasteiger partial charge in [0, 0.05) is 22.7 Å². The maximum absolute atomic E-state index is 12.8. The number of carbonyl (C=O) groups is 1. The highest BCUT2D eigenvalue weighted by atomic mass is 35.5. The van der Waals surface area contributed by atoms with Crippen LogP contribution in [0.3, 0.4) is 0 Å². The number of halogens is 1. The van der Waals surface area contributed by atoms with Gasteiger partial charge in [-0.1, -0.05) is 35.9 Å². The second-order valence-corrected chi connectivity index (χ2v) is 7.84. The number of nitrogens with zero attached hydrogens (tertiary/aromatic N) is 3. The molecule has 5 aromatic rings. The zero-order valence-electron chi connectivity index (χ0n) is 17.5. The molecule has 0 aliphatic heterocycles. The summed E-state index contributed by atoms with van der Waals surface area (Å²) in [6.07, 6.45) is 0. The molecule has 0 fully saturated rings. The smallest absolute Gasteiger partial charge is 0.281 e. The van der Waals surface area contributed by atoms with Gasteiger partial charge in [0.05, 0.1) is 18.0 Å². The normalized spacial score (nSPS) is 11.1. The van der Waals surface area contributed by atoms with Crippen LogP contribution in [0, 0.1) is 0 Å². The quantitative estimate of drug-likeness (QED) is 0.416. The van der Waals surface area contributed by atoms with Crippen LogP contribution >= 0.6 is 11.6 Å². The van der Waals surface area contributed by atoms with Gasteiger partial charge in [0.1, 0.15) is 11.4 Å². The van der Waals surface area contributed by atoms with E-state index in [9.17, 15) is 9.59 Å². The van der Waals surface area contributed by atoms with E-state index in [-0.39, 0.29) is 5.91 Å². The monoisotopic (exact) mass is 459 g/mol. The van der Waals surface area contributed by atoms with Gasteiger partial charge in [-0.3, -0.25) is 9.59 Å². The molecule has 1 amide bonds. The number of amides is 1. The molecule has 0 spiro atoms. The minimum atomic E-state index is -0.396. The summed E-state index contributed by atoms with van der Waals surface area (Å²) in [5, 5.41) is 11.1. The van der Waals surface area contributed by atoms with Crippen LogP contribution in [0.25, 0.3) is 27.8 Å². The lowest BCUT2D eigenvalue weighted by Gasteiger charge is -2.08. The second kappa shape index (κ2) is 8.40. The summed E-state index contributed by atoms with van der Waals surface area (Å²) in [6.45, 7) is 0.358. The van der Waals surface area contributed by atoms with Gasteiger partial charge in [-0.15, -0.1) is 0 Å². The first-order valence-electron chi connectivity index (χ1n) is 10.1. The Kier molecular flexibility index (Phi) is 5.27. The molecule has 3 aromatic carbocycles. The molecule has 2 heterocycles. The van der Waals surface area contributed by atoms with E-state index in [1.165, 1.54) is 0 Å². The Bertz CT molecular complexity index is 1540. The van der Waals surface area contributed by atoms with Crippen LogP contribution in [0.15, 0.2) is 71.5 Å². The molecule has 0 aliphatic carbocycles. The Hall–Kier alpha value is -4.17. The molecule has 0 atom stereocenters. The van der Waals surface area contributed by atoms with E-state index in [0.717, 1.165) is 16.9 Å². The number of carbonyl (C=O) groups excluding carboxylic acids is 1. The highest BCUT2D eigenvalue weighted by Crippen LogP contribution is 2.24. The number of aromatic amines is 1. The van der Waals surface area contributed by atoms with Gasteiger partial charge >= 0.3 is 0 Å². The van der Waals surface area contributed by atoms with Crippen LogP contribution in [0.4, 0.5) is 0 Å². The second-order valence-electron chi connectivity index (χ2n) is 7.41. The largest absolute Gasteiger partial charge is 0.497 e. The topological polar surface area (TPSA) is 101 Å². The Morgan fingerprint density at radius 3 is 2.58 bits per heavy atom. The lowest BCUT2D eigenvalue weighted by molar-refractivity contribution is 0.0951. The van der Waals surface area contributed by atoms with Gasteiger partial charge in [-0.25, -0.2) is 9.73 Å². The van der Waals surface area contributed by atoms with E-state index < -0.39 is 5.56 Å². The first kappa shape index (κ1) is 20.7. The maximum Gasteiger partial charge on any atom is 0.281 e. The number of rotatable bonds is 5. The molecule has 164 valence electrons. The zero-order valence-corrected chi connectivity index (χ0v) is 18.3. The number of H-pyrrole nitrogens is 1. The predicted octanol–water partition coefficient (Wildman–Crippen LogP) is 3.83. The number of hydrogen-bond acceptors (Lipinski definition) is 5. The van der Waals surface area contributed by atoms with Crippen molar-refractivity contribution in [3.8, 4) is 17.0 Å². The third kappa shape index (κ3) is 3.92. The first-order chi connectivity index (χ1) is 16.0. The number of fused-ring (bicyclic) bond motifs is 3. The van der Waals surface area contributed by atoms with Crippen molar-refractivity contribution >= 4 is 34.1 Å². The fourth-order valence-corrected chi connectivity index (χ4v) is 3.72. The van der Waals surface area contributed by atoms with E-state index in [1.54, 1.807) is 54.1 Å². The average Bonchev–Trinajstić information content (AvgIpc) is 3.27. The molecule has 9 heteroatoms. The van der Waals surface area contributed by atoms with Crippen LogP contribution in [-0.2, 0) is 6.54 Å². The fourth-order valence-electron chi connectivity index (χ4n) is 3.60. The Morgan fingerprint density at radius 2 is 1.85 bits per heavy atom. The highest BCUT2D eigenvalue weighted by molar-refractivity contribution is 6.30. The third-order valence-electron chi connectivity index (χ3n) is 5.35. The predicted molar refractivity (Wildman–Crippen MR) is 126 cm³/mol. The highest BCUT2D eigenvalue weighted by Gasteiger charge is 2.16. The van der Waals surface area contributed by atoms with Crippen molar-refractivity contribution in [1.82, 2.24) is 25.1 Å². The minimum Gasteiger partial charge on any atom is -0.497 e. The van der Waals surface area contributed by atoms with Crippen molar-refractivity contribution in [2.75, 3.05) is 7.11 Å². The van der Waals surface area contributed by atoms with E-state index in [0.29, 0.717) is 39.4 Å². The van der Waals surface area contributed by atoms with Gasteiger partial charge in [0.15, 0.2) is 5.65 Å². The van der Waals surface area contributed by atoms with Crippen molar-refractivity contribution in [2.45, 2.75) is 6.54 Å². The Balaban J connectivity index is 1.49. The minimum absolute atomic E-state index is 0.261. The van der Waals surface area contributed by atoms with E-state index in [1.807, 2.05) is 24.3 Å². The van der Waals surface area contributed by atoms with Crippen molar-refractivity contribution in [3.05, 3.63) is 93.2 Å². The van der Waals surface area contributed by atoms with Crippen LogP contribution in [0.1, 0.15) is 15.9 Å². The Morgan fingerprint density at radius 1 is 1.09 bits per heavy atom. The zero-order chi connectivity index (χ0) is 22.9. The number of methoxy groups -OCH3 is 1.